The van der Waals surface area contributed by atoms with E-state index in [0.29, 0.717) is 23.4 Å². The smallest absolute Gasteiger partial charge is 0.250 e. The Kier molecular flexibility index (Phi) is 6.46. The molecule has 3 aromatic rings. The molecular formula is C25H28N4O2S. The van der Waals surface area contributed by atoms with Crippen LogP contribution in [-0.2, 0) is 4.79 Å². The summed E-state index contributed by atoms with van der Waals surface area (Å²) in [4.78, 5) is 18.0. The highest BCUT2D eigenvalue weighted by atomic mass is 32.1. The van der Waals surface area contributed by atoms with Crippen molar-refractivity contribution in [3.8, 4) is 5.75 Å². The fourth-order valence-corrected chi connectivity index (χ4v) is 4.37. The summed E-state index contributed by atoms with van der Waals surface area (Å²) >= 11 is 5.67. The summed E-state index contributed by atoms with van der Waals surface area (Å²) in [6.07, 6.45) is 1.83. The molecule has 2 heterocycles. The van der Waals surface area contributed by atoms with Gasteiger partial charge in [0.15, 0.2) is 0 Å². The Labute approximate surface area is 193 Å². The number of hydrogen-bond donors (Lipinski definition) is 1. The van der Waals surface area contributed by atoms with Gasteiger partial charge in [-0.1, -0.05) is 42.5 Å². The van der Waals surface area contributed by atoms with Crippen LogP contribution in [0.1, 0.15) is 17.2 Å². The molecule has 1 fully saturated rings. The van der Waals surface area contributed by atoms with Crippen molar-refractivity contribution < 1.29 is 9.53 Å². The van der Waals surface area contributed by atoms with E-state index in [2.05, 4.69) is 17.0 Å². The minimum atomic E-state index is -0.518. The quantitative estimate of drug-likeness (QED) is 0.597. The fourth-order valence-electron chi connectivity index (χ4n) is 4.08. The lowest BCUT2D eigenvalue weighted by Gasteiger charge is -2.38. The van der Waals surface area contributed by atoms with Gasteiger partial charge >= 0.3 is 0 Å². The van der Waals surface area contributed by atoms with Gasteiger partial charge in [0.25, 0.3) is 0 Å². The first-order valence-electron chi connectivity index (χ1n) is 10.7. The summed E-state index contributed by atoms with van der Waals surface area (Å²) in [6, 6.07) is 19.1. The molecule has 0 bridgehead atoms. The molecule has 0 aliphatic carbocycles. The molecule has 6 nitrogen and oxygen atoms in total. The molecule has 1 aliphatic rings. The Morgan fingerprint density at radius 2 is 1.66 bits per heavy atom. The molecule has 1 aromatic heterocycles. The third kappa shape index (κ3) is 4.34. The fraction of sp³-hybridized carbons (Fsp3) is 0.280. The monoisotopic (exact) mass is 448 g/mol. The number of nitrogen functional groups attached to an aromatic ring is 1. The zero-order valence-electron chi connectivity index (χ0n) is 18.4. The molecule has 1 saturated heterocycles. The van der Waals surface area contributed by atoms with E-state index >= 15 is 0 Å². The maximum Gasteiger partial charge on any atom is 0.250 e. The van der Waals surface area contributed by atoms with Gasteiger partial charge in [0, 0.05) is 49.3 Å². The van der Waals surface area contributed by atoms with Gasteiger partial charge in [-0.3, -0.25) is 4.79 Å². The highest BCUT2D eigenvalue weighted by Crippen LogP contribution is 2.26. The lowest BCUT2D eigenvalue weighted by atomic mass is 10.0. The van der Waals surface area contributed by atoms with Gasteiger partial charge < -0.3 is 24.8 Å². The number of nitrogens with two attached hydrogens (primary N) is 1. The van der Waals surface area contributed by atoms with Crippen LogP contribution in [-0.4, -0.2) is 48.7 Å². The van der Waals surface area contributed by atoms with Crippen LogP contribution in [0, 0.1) is 11.6 Å². The molecule has 1 amide bonds. The summed E-state index contributed by atoms with van der Waals surface area (Å²) in [5.41, 5.74) is 9.55. The van der Waals surface area contributed by atoms with E-state index in [0.717, 1.165) is 35.7 Å². The molecule has 0 saturated carbocycles. The van der Waals surface area contributed by atoms with Gasteiger partial charge in [0.1, 0.15) is 16.4 Å². The number of ether oxygens (including phenoxy) is 1. The predicted molar refractivity (Wildman–Crippen MR) is 131 cm³/mol. The number of hydrogen-bond acceptors (Lipinski definition) is 5. The topological polar surface area (TPSA) is 63.7 Å². The highest BCUT2D eigenvalue weighted by molar-refractivity contribution is 7.71. The number of methoxy groups -OCH3 is 1. The van der Waals surface area contributed by atoms with Gasteiger partial charge in [-0.25, -0.2) is 0 Å². The van der Waals surface area contributed by atoms with E-state index in [-0.39, 0.29) is 5.91 Å². The highest BCUT2D eigenvalue weighted by Gasteiger charge is 2.30. The summed E-state index contributed by atoms with van der Waals surface area (Å²) in [7, 11) is 1.66. The Balaban J connectivity index is 1.57. The van der Waals surface area contributed by atoms with Crippen LogP contribution < -0.4 is 15.4 Å². The van der Waals surface area contributed by atoms with Gasteiger partial charge in [0.2, 0.25) is 5.91 Å². The van der Waals surface area contributed by atoms with Crippen molar-refractivity contribution >= 4 is 29.5 Å². The number of piperazine rings is 1. The van der Waals surface area contributed by atoms with E-state index in [1.165, 1.54) is 0 Å². The SMILES string of the molecule is COc1ccc(N2CCN(C(=O)C(c3ccccc3)n3ccc(N)c(C)c3=S)CC2)cc1. The van der Waals surface area contributed by atoms with Crippen LogP contribution in [0.3, 0.4) is 0 Å². The van der Waals surface area contributed by atoms with Crippen LogP contribution in [0.15, 0.2) is 66.9 Å². The van der Waals surface area contributed by atoms with Crippen LogP contribution in [0.2, 0.25) is 0 Å². The molecular weight excluding hydrogens is 420 g/mol. The van der Waals surface area contributed by atoms with Crippen LogP contribution in [0.4, 0.5) is 11.4 Å². The molecule has 2 N–H and O–H groups in total. The first-order valence-corrected chi connectivity index (χ1v) is 11.1. The largest absolute Gasteiger partial charge is 0.497 e. The normalized spacial score (nSPS) is 14.8. The molecule has 0 spiro atoms. The second-order valence-corrected chi connectivity index (χ2v) is 8.32. The second-order valence-electron chi connectivity index (χ2n) is 7.93. The number of carbonyl (C=O) groups excluding carboxylic acids is 1. The minimum absolute atomic E-state index is 0.0471. The van der Waals surface area contributed by atoms with Crippen LogP contribution in [0.25, 0.3) is 0 Å². The van der Waals surface area contributed by atoms with Crippen molar-refractivity contribution in [1.29, 1.82) is 0 Å². The molecule has 1 aliphatic heterocycles. The standard InChI is InChI=1S/C25H28N4O2S/c1-18-22(26)12-13-29(25(18)32)23(19-6-4-3-5-7-19)24(30)28-16-14-27(15-17-28)20-8-10-21(31-2)11-9-20/h3-13,23H,14-17,26H2,1-2H3. The van der Waals surface area contributed by atoms with Gasteiger partial charge in [-0.05, 0) is 42.8 Å². The number of pyridine rings is 1. The van der Waals surface area contributed by atoms with E-state index in [1.54, 1.807) is 7.11 Å². The Morgan fingerprint density at radius 1 is 1.00 bits per heavy atom. The van der Waals surface area contributed by atoms with Crippen molar-refractivity contribution in [3.63, 3.8) is 0 Å². The first kappa shape index (κ1) is 21.9. The van der Waals surface area contributed by atoms with Gasteiger partial charge in [0.05, 0.1) is 7.11 Å². The van der Waals surface area contributed by atoms with Crippen molar-refractivity contribution in [2.24, 2.45) is 0 Å². The zero-order valence-corrected chi connectivity index (χ0v) is 19.2. The summed E-state index contributed by atoms with van der Waals surface area (Å²) < 4.78 is 7.71. The molecule has 2 aromatic carbocycles. The number of benzene rings is 2. The third-order valence-electron chi connectivity index (χ3n) is 6.06. The predicted octanol–water partition coefficient (Wildman–Crippen LogP) is 4.06. The van der Waals surface area contributed by atoms with E-state index < -0.39 is 6.04 Å². The lowest BCUT2D eigenvalue weighted by Crippen LogP contribution is -2.50. The molecule has 166 valence electrons. The zero-order chi connectivity index (χ0) is 22.7. The Bertz CT molecular complexity index is 1140. The lowest BCUT2D eigenvalue weighted by molar-refractivity contribution is -0.133. The van der Waals surface area contributed by atoms with Crippen LogP contribution in [0.5, 0.6) is 5.75 Å². The van der Waals surface area contributed by atoms with E-state index in [9.17, 15) is 4.79 Å². The van der Waals surface area contributed by atoms with E-state index in [4.69, 9.17) is 22.7 Å². The number of nitrogens with zero attached hydrogens (tertiary/aromatic N) is 3. The van der Waals surface area contributed by atoms with Crippen molar-refractivity contribution in [2.45, 2.75) is 13.0 Å². The number of carbonyl (C=O) groups is 1. The Morgan fingerprint density at radius 3 is 2.28 bits per heavy atom. The van der Waals surface area contributed by atoms with Crippen molar-refractivity contribution in [2.75, 3.05) is 43.9 Å². The minimum Gasteiger partial charge on any atom is -0.497 e. The summed E-state index contributed by atoms with van der Waals surface area (Å²) in [5, 5.41) is 0. The summed E-state index contributed by atoms with van der Waals surface area (Å²) in [5.74, 6) is 0.884. The molecule has 1 unspecified atom stereocenters. The number of anilines is 2. The number of rotatable bonds is 5. The maximum atomic E-state index is 13.8. The van der Waals surface area contributed by atoms with Crippen molar-refractivity contribution in [3.05, 3.63) is 82.6 Å². The molecule has 0 radical (unpaired) electrons. The van der Waals surface area contributed by atoms with Crippen molar-refractivity contribution in [1.82, 2.24) is 9.47 Å². The number of amides is 1. The van der Waals surface area contributed by atoms with E-state index in [1.807, 2.05) is 71.1 Å². The Hall–Kier alpha value is -3.32. The van der Waals surface area contributed by atoms with Gasteiger partial charge in [-0.2, -0.15) is 0 Å². The average Bonchev–Trinajstić information content (AvgIpc) is 2.85. The van der Waals surface area contributed by atoms with Gasteiger partial charge in [-0.15, -0.1) is 0 Å². The molecule has 7 heteroatoms. The molecule has 32 heavy (non-hydrogen) atoms. The molecule has 4 rings (SSSR count). The third-order valence-corrected chi connectivity index (χ3v) is 6.58. The molecule has 1 atom stereocenters. The number of aromatic nitrogens is 1. The van der Waals surface area contributed by atoms with Crippen LogP contribution >= 0.6 is 12.2 Å². The summed E-state index contributed by atoms with van der Waals surface area (Å²) in [6.45, 7) is 4.73. The maximum absolute atomic E-state index is 13.8. The second kappa shape index (κ2) is 9.44. The first-order chi connectivity index (χ1) is 15.5. The average molecular weight is 449 g/mol.